The predicted octanol–water partition coefficient (Wildman–Crippen LogP) is 0.296. The second kappa shape index (κ2) is 3.77. The molecule has 0 saturated carbocycles. The van der Waals surface area contributed by atoms with Crippen LogP contribution in [0.4, 0.5) is 4.79 Å². The minimum absolute atomic E-state index is 0.288. The smallest absolute Gasteiger partial charge is 0.287 e. The van der Waals surface area contributed by atoms with E-state index >= 15 is 0 Å². The van der Waals surface area contributed by atoms with E-state index in [2.05, 4.69) is 0 Å². The van der Waals surface area contributed by atoms with Gasteiger partial charge in [-0.3, -0.25) is 14.6 Å². The SMILES string of the molecule is CN1C(=O)/C(=C/[n+]2ccccc2)N(C)C1=O. The monoisotopic (exact) mass is 218 g/mol. The number of hydrogen-bond donors (Lipinski definition) is 0. The molecule has 1 aromatic heterocycles. The van der Waals surface area contributed by atoms with Gasteiger partial charge >= 0.3 is 6.03 Å². The summed E-state index contributed by atoms with van der Waals surface area (Å²) in [6.07, 6.45) is 5.23. The molecule has 1 aliphatic rings. The highest BCUT2D eigenvalue weighted by Gasteiger charge is 2.37. The van der Waals surface area contributed by atoms with E-state index < -0.39 is 0 Å². The number of likely N-dealkylation sites (N-methyl/N-ethyl adjacent to an activating group) is 2. The van der Waals surface area contributed by atoms with Crippen LogP contribution in [0.5, 0.6) is 0 Å². The molecular weight excluding hydrogens is 206 g/mol. The van der Waals surface area contributed by atoms with Crippen molar-refractivity contribution in [3.05, 3.63) is 36.3 Å². The van der Waals surface area contributed by atoms with Crippen LogP contribution < -0.4 is 4.57 Å². The Hall–Kier alpha value is -2.17. The molecule has 0 aliphatic carbocycles. The van der Waals surface area contributed by atoms with Crippen LogP contribution in [0.1, 0.15) is 0 Å². The number of urea groups is 1. The van der Waals surface area contributed by atoms with Crippen LogP contribution in [-0.2, 0) is 4.79 Å². The third-order valence-corrected chi connectivity index (χ3v) is 2.47. The number of carbonyl (C=O) groups excluding carboxylic acids is 2. The van der Waals surface area contributed by atoms with E-state index in [1.807, 2.05) is 18.2 Å². The van der Waals surface area contributed by atoms with E-state index in [1.165, 1.54) is 11.9 Å². The molecule has 0 N–H and O–H groups in total. The first-order valence-corrected chi connectivity index (χ1v) is 4.84. The molecule has 1 saturated heterocycles. The van der Waals surface area contributed by atoms with Crippen LogP contribution in [0.2, 0.25) is 0 Å². The predicted molar refractivity (Wildman–Crippen MR) is 56.8 cm³/mol. The highest BCUT2D eigenvalue weighted by Crippen LogP contribution is 2.16. The molecule has 0 atom stereocenters. The van der Waals surface area contributed by atoms with Gasteiger partial charge in [-0.15, -0.1) is 0 Å². The molecule has 1 fully saturated rings. The normalized spacial score (nSPS) is 18.8. The Morgan fingerprint density at radius 1 is 1.06 bits per heavy atom. The topological polar surface area (TPSA) is 44.5 Å². The molecule has 2 rings (SSSR count). The Labute approximate surface area is 93.2 Å². The summed E-state index contributed by atoms with van der Waals surface area (Å²) in [4.78, 5) is 25.6. The fourth-order valence-electron chi connectivity index (χ4n) is 1.51. The Morgan fingerprint density at radius 3 is 2.19 bits per heavy atom. The van der Waals surface area contributed by atoms with E-state index in [0.29, 0.717) is 5.70 Å². The summed E-state index contributed by atoms with van der Waals surface area (Å²) in [6, 6.07) is 5.27. The van der Waals surface area contributed by atoms with E-state index in [-0.39, 0.29) is 11.9 Å². The second-order valence-corrected chi connectivity index (χ2v) is 3.54. The number of hydrogen-bond acceptors (Lipinski definition) is 2. The van der Waals surface area contributed by atoms with Crippen molar-refractivity contribution >= 4 is 18.1 Å². The van der Waals surface area contributed by atoms with Crippen molar-refractivity contribution in [2.75, 3.05) is 14.1 Å². The number of carbonyl (C=O) groups is 2. The number of imide groups is 1. The van der Waals surface area contributed by atoms with Crippen LogP contribution >= 0.6 is 0 Å². The second-order valence-electron chi connectivity index (χ2n) is 3.54. The first-order chi connectivity index (χ1) is 7.61. The molecule has 0 radical (unpaired) electrons. The zero-order valence-corrected chi connectivity index (χ0v) is 9.12. The number of pyridine rings is 1. The van der Waals surface area contributed by atoms with E-state index in [4.69, 9.17) is 0 Å². The molecule has 1 aliphatic heterocycles. The lowest BCUT2D eigenvalue weighted by molar-refractivity contribution is -0.569. The average Bonchev–Trinajstić information content (AvgIpc) is 2.48. The Balaban J connectivity index is 2.39. The summed E-state index contributed by atoms with van der Waals surface area (Å²) in [5.41, 5.74) is 0.365. The van der Waals surface area contributed by atoms with Crippen LogP contribution in [0.3, 0.4) is 0 Å². The number of rotatable bonds is 1. The van der Waals surface area contributed by atoms with Gasteiger partial charge in [0, 0.05) is 26.2 Å². The van der Waals surface area contributed by atoms with Crippen molar-refractivity contribution in [3.8, 4) is 0 Å². The summed E-state index contributed by atoms with van der Waals surface area (Å²) in [7, 11) is 3.05. The van der Waals surface area contributed by atoms with Gasteiger partial charge in [-0.2, -0.15) is 4.57 Å². The van der Waals surface area contributed by atoms with Crippen LogP contribution in [-0.4, -0.2) is 35.8 Å². The lowest BCUT2D eigenvalue weighted by Crippen LogP contribution is -2.28. The van der Waals surface area contributed by atoms with Crippen molar-refractivity contribution in [1.29, 1.82) is 0 Å². The fourth-order valence-corrected chi connectivity index (χ4v) is 1.51. The minimum atomic E-state index is -0.312. The van der Waals surface area contributed by atoms with E-state index in [9.17, 15) is 9.59 Å². The lowest BCUT2D eigenvalue weighted by atomic mass is 10.4. The molecule has 1 aromatic rings. The first kappa shape index (κ1) is 10.4. The molecule has 3 amide bonds. The molecule has 82 valence electrons. The molecule has 0 aromatic carbocycles. The summed E-state index contributed by atoms with van der Waals surface area (Å²) in [5, 5.41) is 0. The zero-order chi connectivity index (χ0) is 11.7. The van der Waals surface area contributed by atoms with Gasteiger partial charge in [0.25, 0.3) is 5.91 Å². The zero-order valence-electron chi connectivity index (χ0n) is 9.12. The van der Waals surface area contributed by atoms with Gasteiger partial charge in [-0.1, -0.05) is 6.07 Å². The maximum absolute atomic E-state index is 11.7. The number of amides is 3. The molecular formula is C11H12N3O2+. The Morgan fingerprint density at radius 2 is 1.69 bits per heavy atom. The molecule has 5 heteroatoms. The van der Waals surface area contributed by atoms with Gasteiger partial charge in [0.05, 0.1) is 0 Å². The fraction of sp³-hybridized carbons (Fsp3) is 0.182. The van der Waals surface area contributed by atoms with Gasteiger partial charge in [-0.25, -0.2) is 4.79 Å². The van der Waals surface area contributed by atoms with E-state index in [0.717, 1.165) is 4.90 Å². The number of nitrogens with zero attached hydrogens (tertiary/aromatic N) is 3. The van der Waals surface area contributed by atoms with E-state index in [1.54, 1.807) is 30.2 Å². The molecule has 16 heavy (non-hydrogen) atoms. The highest BCUT2D eigenvalue weighted by molar-refractivity contribution is 6.12. The van der Waals surface area contributed by atoms with Gasteiger partial charge in [-0.05, 0) is 0 Å². The highest BCUT2D eigenvalue weighted by atomic mass is 16.2. The third kappa shape index (κ3) is 1.56. The molecule has 0 unspecified atom stereocenters. The van der Waals surface area contributed by atoms with Crippen LogP contribution in [0, 0.1) is 0 Å². The van der Waals surface area contributed by atoms with Crippen molar-refractivity contribution < 1.29 is 14.2 Å². The van der Waals surface area contributed by atoms with Crippen molar-refractivity contribution in [2.24, 2.45) is 0 Å². The Kier molecular flexibility index (Phi) is 2.44. The van der Waals surface area contributed by atoms with Crippen LogP contribution in [0.25, 0.3) is 6.20 Å². The molecule has 0 bridgehead atoms. The van der Waals surface area contributed by atoms with Crippen LogP contribution in [0.15, 0.2) is 36.3 Å². The maximum atomic E-state index is 11.7. The molecule has 0 spiro atoms. The minimum Gasteiger partial charge on any atom is -0.287 e. The van der Waals surface area contributed by atoms with Crippen molar-refractivity contribution in [2.45, 2.75) is 0 Å². The summed E-state index contributed by atoms with van der Waals surface area (Å²) >= 11 is 0. The van der Waals surface area contributed by atoms with Crippen molar-refractivity contribution in [3.63, 3.8) is 0 Å². The summed E-state index contributed by atoms with van der Waals surface area (Å²) in [6.45, 7) is 0. The lowest BCUT2D eigenvalue weighted by Gasteiger charge is -2.05. The standard InChI is InChI=1S/C11H12N3O2/c1-12-9(10(15)13(2)11(12)16)8-14-6-4-3-5-7-14/h3-8H,1-2H3/q+1/b9-8-. The van der Waals surface area contributed by atoms with Gasteiger partial charge in [0.2, 0.25) is 6.20 Å². The van der Waals surface area contributed by atoms with Gasteiger partial charge < -0.3 is 0 Å². The molecule has 5 nitrogen and oxygen atoms in total. The average molecular weight is 218 g/mol. The summed E-state index contributed by atoms with van der Waals surface area (Å²) < 4.78 is 1.73. The summed E-state index contributed by atoms with van der Waals surface area (Å²) in [5.74, 6) is -0.288. The number of aromatic nitrogens is 1. The first-order valence-electron chi connectivity index (χ1n) is 4.84. The van der Waals surface area contributed by atoms with Crippen molar-refractivity contribution in [1.82, 2.24) is 9.80 Å². The molecule has 2 heterocycles. The maximum Gasteiger partial charge on any atom is 0.331 e. The Bertz CT molecular complexity index is 467. The quantitative estimate of drug-likeness (QED) is 0.386. The third-order valence-electron chi connectivity index (χ3n) is 2.47. The van der Waals surface area contributed by atoms with Gasteiger partial charge in [0.1, 0.15) is 0 Å². The van der Waals surface area contributed by atoms with Gasteiger partial charge in [0.15, 0.2) is 18.1 Å². The largest absolute Gasteiger partial charge is 0.331 e.